The van der Waals surface area contributed by atoms with Gasteiger partial charge in [0.25, 0.3) is 17.3 Å². The molecule has 0 N–H and O–H groups in total. The number of nitro groups is 2. The maximum Gasteiger partial charge on any atom is 0.294 e. The highest BCUT2D eigenvalue weighted by atomic mass is 35.5. The second-order valence-corrected chi connectivity index (χ2v) is 5.93. The molecule has 0 aromatic heterocycles. The van der Waals surface area contributed by atoms with Gasteiger partial charge in [0.05, 0.1) is 15.9 Å². The van der Waals surface area contributed by atoms with Crippen molar-refractivity contribution in [2.24, 2.45) is 0 Å². The van der Waals surface area contributed by atoms with E-state index in [0.29, 0.717) is 6.54 Å². The van der Waals surface area contributed by atoms with Crippen LogP contribution in [0.4, 0.5) is 17.1 Å². The molecule has 9 heteroatoms. The fourth-order valence-electron chi connectivity index (χ4n) is 2.30. The minimum Gasteiger partial charge on any atom is -0.309 e. The second kappa shape index (κ2) is 10.8. The number of hydrogen-bond donors (Lipinski definition) is 0. The van der Waals surface area contributed by atoms with Crippen LogP contribution in [0.15, 0.2) is 54.6 Å². The monoisotopic (exact) mass is 405 g/mol. The lowest BCUT2D eigenvalue weighted by molar-refractivity contribution is -0.394. The van der Waals surface area contributed by atoms with Crippen LogP contribution in [0.3, 0.4) is 0 Å². The van der Waals surface area contributed by atoms with Gasteiger partial charge in [0, 0.05) is 18.3 Å². The zero-order valence-electron chi connectivity index (χ0n) is 15.7. The molecule has 0 bridgehead atoms. The molecular weight excluding hydrogens is 386 g/mol. The van der Waals surface area contributed by atoms with Crippen LogP contribution in [0.2, 0.25) is 5.02 Å². The van der Waals surface area contributed by atoms with E-state index in [9.17, 15) is 25.0 Å². The Kier molecular flexibility index (Phi) is 8.77. The molecular formula is C19H20ClN3O5. The highest BCUT2D eigenvalue weighted by molar-refractivity contribution is 6.32. The summed E-state index contributed by atoms with van der Waals surface area (Å²) in [4.78, 5) is 32.6. The number of halogens is 1. The number of rotatable bonds is 5. The lowest BCUT2D eigenvalue weighted by atomic mass is 10.2. The van der Waals surface area contributed by atoms with E-state index in [0.717, 1.165) is 29.4 Å². The Morgan fingerprint density at radius 3 is 2.29 bits per heavy atom. The Morgan fingerprint density at radius 1 is 1.14 bits per heavy atom. The lowest BCUT2D eigenvalue weighted by Crippen LogP contribution is -2.29. The molecule has 8 nitrogen and oxygen atoms in total. The van der Waals surface area contributed by atoms with Crippen LogP contribution in [0.1, 0.15) is 19.4 Å². The number of nitrogens with zero attached hydrogens (tertiary/aromatic N) is 3. The van der Waals surface area contributed by atoms with Crippen molar-refractivity contribution in [1.29, 1.82) is 0 Å². The third-order valence-electron chi connectivity index (χ3n) is 3.63. The zero-order chi connectivity index (χ0) is 21.3. The number of aryl methyl sites for hydroxylation is 1. The first-order valence-corrected chi connectivity index (χ1v) is 8.68. The first-order chi connectivity index (χ1) is 13.2. The van der Waals surface area contributed by atoms with Crippen LogP contribution in [-0.2, 0) is 4.79 Å². The fraction of sp³-hybridized carbons (Fsp3) is 0.211. The van der Waals surface area contributed by atoms with Crippen molar-refractivity contribution < 1.29 is 14.6 Å². The van der Waals surface area contributed by atoms with E-state index in [1.54, 1.807) is 17.1 Å². The molecule has 0 saturated carbocycles. The SMILES string of the molecule is C/C=C/C(=O)N(CC)c1ccccc1C.O=[N+]([O-])c1ccc(Cl)c([N+](=O)[O-])c1. The van der Waals surface area contributed by atoms with E-state index >= 15 is 0 Å². The van der Waals surface area contributed by atoms with Crippen LogP contribution >= 0.6 is 11.6 Å². The molecule has 0 saturated heterocycles. The van der Waals surface area contributed by atoms with E-state index < -0.39 is 15.5 Å². The topological polar surface area (TPSA) is 107 Å². The van der Waals surface area contributed by atoms with Crippen LogP contribution in [0.5, 0.6) is 0 Å². The first kappa shape index (κ1) is 22.8. The summed E-state index contributed by atoms with van der Waals surface area (Å²) in [5, 5.41) is 20.4. The van der Waals surface area contributed by atoms with Gasteiger partial charge in [-0.25, -0.2) is 0 Å². The predicted molar refractivity (Wildman–Crippen MR) is 109 cm³/mol. The molecule has 0 spiro atoms. The Bertz CT molecular complexity index is 899. The summed E-state index contributed by atoms with van der Waals surface area (Å²) in [6.45, 7) is 6.53. The van der Waals surface area contributed by atoms with Crippen molar-refractivity contribution in [3.63, 3.8) is 0 Å². The van der Waals surface area contributed by atoms with Gasteiger partial charge < -0.3 is 4.90 Å². The summed E-state index contributed by atoms with van der Waals surface area (Å²) in [6, 6.07) is 11.0. The van der Waals surface area contributed by atoms with Crippen molar-refractivity contribution in [2.75, 3.05) is 11.4 Å². The molecule has 0 radical (unpaired) electrons. The quantitative estimate of drug-likeness (QED) is 0.391. The Balaban J connectivity index is 0.000000283. The second-order valence-electron chi connectivity index (χ2n) is 5.52. The van der Waals surface area contributed by atoms with Gasteiger partial charge in [0.2, 0.25) is 0 Å². The number of anilines is 1. The number of allylic oxidation sites excluding steroid dienone is 1. The number of likely N-dealkylation sites (N-methyl/N-ethyl adjacent to an activating group) is 1. The maximum atomic E-state index is 11.8. The average Bonchev–Trinajstić information content (AvgIpc) is 2.64. The summed E-state index contributed by atoms with van der Waals surface area (Å²) in [5.74, 6) is 0.0364. The molecule has 2 rings (SSSR count). The number of nitro benzene ring substituents is 2. The van der Waals surface area contributed by atoms with Gasteiger partial charge >= 0.3 is 0 Å². The molecule has 0 aliphatic heterocycles. The summed E-state index contributed by atoms with van der Waals surface area (Å²) < 4.78 is 0. The molecule has 0 aliphatic carbocycles. The minimum atomic E-state index is -0.769. The number of carbonyl (C=O) groups is 1. The molecule has 0 atom stereocenters. The number of hydrogen-bond acceptors (Lipinski definition) is 5. The van der Waals surface area contributed by atoms with Gasteiger partial charge in [-0.2, -0.15) is 0 Å². The Labute approximate surface area is 167 Å². The van der Waals surface area contributed by atoms with E-state index in [4.69, 9.17) is 11.6 Å². The number of non-ortho nitro benzene ring substituents is 1. The number of para-hydroxylation sites is 1. The molecule has 1 amide bonds. The molecule has 0 aliphatic rings. The van der Waals surface area contributed by atoms with E-state index in [2.05, 4.69) is 0 Å². The van der Waals surface area contributed by atoms with Crippen LogP contribution in [-0.4, -0.2) is 22.3 Å². The van der Waals surface area contributed by atoms with E-state index in [1.165, 1.54) is 0 Å². The average molecular weight is 406 g/mol. The molecule has 0 heterocycles. The zero-order valence-corrected chi connectivity index (χ0v) is 16.4. The Hall–Kier alpha value is -3.26. The van der Waals surface area contributed by atoms with Gasteiger partial charge in [-0.1, -0.05) is 35.9 Å². The van der Waals surface area contributed by atoms with Gasteiger partial charge in [0.1, 0.15) is 5.02 Å². The standard InChI is InChI=1S/C13H17NO.C6H3ClN2O4/c1-4-8-13(15)14(5-2)12-10-7-6-9-11(12)3;7-5-2-1-4(8(10)11)3-6(5)9(12)13/h4,6-10H,5H2,1-3H3;1-3H/b8-4+;. The normalized spacial score (nSPS) is 10.1. The number of benzene rings is 2. The first-order valence-electron chi connectivity index (χ1n) is 8.31. The van der Waals surface area contributed by atoms with Crippen LogP contribution in [0.25, 0.3) is 0 Å². The molecule has 0 unspecified atom stereocenters. The smallest absolute Gasteiger partial charge is 0.294 e. The van der Waals surface area contributed by atoms with Gasteiger partial charge in [-0.15, -0.1) is 0 Å². The highest BCUT2D eigenvalue weighted by Gasteiger charge is 2.17. The summed E-state index contributed by atoms with van der Waals surface area (Å²) in [5.41, 5.74) is 1.30. The third-order valence-corrected chi connectivity index (χ3v) is 3.95. The molecule has 2 aromatic rings. The number of carbonyl (C=O) groups excluding carboxylic acids is 1. The summed E-state index contributed by atoms with van der Waals surface area (Å²) in [6.07, 6.45) is 3.36. The van der Waals surface area contributed by atoms with Crippen molar-refractivity contribution in [2.45, 2.75) is 20.8 Å². The largest absolute Gasteiger partial charge is 0.309 e. The van der Waals surface area contributed by atoms with Gasteiger partial charge in [-0.05, 0) is 44.5 Å². The summed E-state index contributed by atoms with van der Waals surface area (Å²) >= 11 is 5.43. The molecule has 28 heavy (non-hydrogen) atoms. The predicted octanol–water partition coefficient (Wildman–Crippen LogP) is 5.08. The Morgan fingerprint density at radius 2 is 1.79 bits per heavy atom. The van der Waals surface area contributed by atoms with Crippen molar-refractivity contribution >= 4 is 34.6 Å². The highest BCUT2D eigenvalue weighted by Crippen LogP contribution is 2.28. The number of amides is 1. The molecule has 148 valence electrons. The van der Waals surface area contributed by atoms with E-state index in [-0.39, 0.29) is 16.6 Å². The van der Waals surface area contributed by atoms with E-state index in [1.807, 2.05) is 45.0 Å². The van der Waals surface area contributed by atoms with Gasteiger partial charge in [-0.3, -0.25) is 25.0 Å². The van der Waals surface area contributed by atoms with Crippen molar-refractivity contribution in [1.82, 2.24) is 0 Å². The maximum absolute atomic E-state index is 11.8. The molecule has 2 aromatic carbocycles. The lowest BCUT2D eigenvalue weighted by Gasteiger charge is -2.21. The molecule has 0 fully saturated rings. The fourth-order valence-corrected chi connectivity index (χ4v) is 2.48. The van der Waals surface area contributed by atoms with Gasteiger partial charge in [0.15, 0.2) is 0 Å². The van der Waals surface area contributed by atoms with Crippen molar-refractivity contribution in [3.8, 4) is 0 Å². The summed E-state index contributed by atoms with van der Waals surface area (Å²) in [7, 11) is 0. The third kappa shape index (κ3) is 6.17. The minimum absolute atomic E-state index is 0.0364. The van der Waals surface area contributed by atoms with Crippen molar-refractivity contribution in [3.05, 3.63) is 85.4 Å². The van der Waals surface area contributed by atoms with Crippen LogP contribution in [0, 0.1) is 27.2 Å². The van der Waals surface area contributed by atoms with Crippen LogP contribution < -0.4 is 4.90 Å².